The molecular formula is C77H143NO5. The molecule has 83 heavy (non-hydrogen) atoms. The van der Waals surface area contributed by atoms with Gasteiger partial charge in [0, 0.05) is 12.8 Å². The summed E-state index contributed by atoms with van der Waals surface area (Å²) in [7, 11) is 0. The third kappa shape index (κ3) is 68.5. The fourth-order valence-electron chi connectivity index (χ4n) is 11.3. The zero-order valence-electron chi connectivity index (χ0n) is 55.7. The molecule has 486 valence electrons. The molecule has 0 aromatic carbocycles. The van der Waals surface area contributed by atoms with Gasteiger partial charge in [-0.3, -0.25) is 9.59 Å². The maximum Gasteiger partial charge on any atom is 0.305 e. The Bertz CT molecular complexity index is 1430. The number of esters is 1. The molecule has 0 rings (SSSR count). The molecule has 2 atom stereocenters. The van der Waals surface area contributed by atoms with Crippen LogP contribution in [0.2, 0.25) is 0 Å². The molecule has 0 aliphatic heterocycles. The molecule has 6 heteroatoms. The molecule has 0 saturated carbocycles. The maximum absolute atomic E-state index is 12.5. The fraction of sp³-hybridized carbons (Fsp3) is 0.844. The highest BCUT2D eigenvalue weighted by Crippen LogP contribution is 2.18. The van der Waals surface area contributed by atoms with Crippen LogP contribution in [0.25, 0.3) is 0 Å². The predicted molar refractivity (Wildman–Crippen MR) is 365 cm³/mol. The number of rotatable bonds is 69. The van der Waals surface area contributed by atoms with Crippen molar-refractivity contribution in [2.24, 2.45) is 0 Å². The SMILES string of the molecule is CCCCC/C=C\C/C=C\CCCCCCCCCCCC(=O)OCCCCCCCCCCCCC/C=C\C/C=C\CCCCCCCCCCCCCCCCCCCC(=O)NC(CO)C(O)/C=C/CCCCCCCCCCCC. The van der Waals surface area contributed by atoms with Crippen LogP contribution in [0.15, 0.2) is 60.8 Å². The molecule has 1 amide bonds. The lowest BCUT2D eigenvalue weighted by atomic mass is 10.0. The minimum Gasteiger partial charge on any atom is -0.466 e. The molecule has 2 unspecified atom stereocenters. The lowest BCUT2D eigenvalue weighted by molar-refractivity contribution is -0.143. The van der Waals surface area contributed by atoms with Crippen molar-refractivity contribution in [2.45, 2.75) is 405 Å². The van der Waals surface area contributed by atoms with E-state index in [1.165, 1.54) is 308 Å². The van der Waals surface area contributed by atoms with E-state index in [1.54, 1.807) is 6.08 Å². The summed E-state index contributed by atoms with van der Waals surface area (Å²) in [5, 5.41) is 23.1. The average molecular weight is 1160 g/mol. The van der Waals surface area contributed by atoms with Gasteiger partial charge in [0.1, 0.15) is 0 Å². The third-order valence-electron chi connectivity index (χ3n) is 17.0. The number of unbranched alkanes of at least 4 members (excludes halogenated alkanes) is 50. The van der Waals surface area contributed by atoms with Crippen molar-refractivity contribution in [3.8, 4) is 0 Å². The highest BCUT2D eigenvalue weighted by Gasteiger charge is 2.18. The third-order valence-corrected chi connectivity index (χ3v) is 17.0. The lowest BCUT2D eigenvalue weighted by Gasteiger charge is -2.20. The van der Waals surface area contributed by atoms with Gasteiger partial charge in [-0.25, -0.2) is 0 Å². The fourth-order valence-corrected chi connectivity index (χ4v) is 11.3. The Labute approximate surface area is 518 Å². The van der Waals surface area contributed by atoms with Gasteiger partial charge in [-0.1, -0.05) is 344 Å². The Balaban J connectivity index is 3.36. The molecule has 0 radical (unpaired) electrons. The van der Waals surface area contributed by atoms with Gasteiger partial charge in [0.25, 0.3) is 0 Å². The largest absolute Gasteiger partial charge is 0.466 e. The van der Waals surface area contributed by atoms with Crippen LogP contribution < -0.4 is 5.32 Å². The second kappa shape index (κ2) is 72.0. The van der Waals surface area contributed by atoms with Crippen molar-refractivity contribution in [3.05, 3.63) is 60.8 Å². The summed E-state index contributed by atoms with van der Waals surface area (Å²) in [5.74, 6) is -0.0527. The van der Waals surface area contributed by atoms with Crippen LogP contribution in [0.4, 0.5) is 0 Å². The highest BCUT2D eigenvalue weighted by molar-refractivity contribution is 5.76. The van der Waals surface area contributed by atoms with Crippen molar-refractivity contribution in [1.29, 1.82) is 0 Å². The minimum absolute atomic E-state index is 0.0127. The maximum atomic E-state index is 12.5. The predicted octanol–water partition coefficient (Wildman–Crippen LogP) is 24.2. The first-order valence-electron chi connectivity index (χ1n) is 37.1. The summed E-state index contributed by atoms with van der Waals surface area (Å²) in [6, 6.07) is -0.626. The topological polar surface area (TPSA) is 95.9 Å². The monoisotopic (exact) mass is 1160 g/mol. The van der Waals surface area contributed by atoms with Crippen molar-refractivity contribution in [2.75, 3.05) is 13.2 Å². The van der Waals surface area contributed by atoms with Crippen molar-refractivity contribution in [3.63, 3.8) is 0 Å². The quantitative estimate of drug-likeness (QED) is 0.0320. The number of aliphatic hydroxyl groups is 2. The van der Waals surface area contributed by atoms with Crippen molar-refractivity contribution >= 4 is 11.9 Å². The smallest absolute Gasteiger partial charge is 0.305 e. The summed E-state index contributed by atoms with van der Waals surface area (Å²) >= 11 is 0. The lowest BCUT2D eigenvalue weighted by Crippen LogP contribution is -2.45. The van der Waals surface area contributed by atoms with E-state index < -0.39 is 12.1 Å². The van der Waals surface area contributed by atoms with E-state index in [0.717, 1.165) is 57.8 Å². The molecule has 0 aromatic rings. The van der Waals surface area contributed by atoms with Gasteiger partial charge in [0.05, 0.1) is 25.4 Å². The summed E-state index contributed by atoms with van der Waals surface area (Å²) in [5.41, 5.74) is 0. The van der Waals surface area contributed by atoms with E-state index in [4.69, 9.17) is 4.74 Å². The Morgan fingerprint density at radius 2 is 0.602 bits per heavy atom. The van der Waals surface area contributed by atoms with E-state index >= 15 is 0 Å². The van der Waals surface area contributed by atoms with Crippen LogP contribution in [0.5, 0.6) is 0 Å². The molecule has 0 bridgehead atoms. The summed E-state index contributed by atoms with van der Waals surface area (Å²) in [6.45, 7) is 4.89. The van der Waals surface area contributed by atoms with Crippen LogP contribution in [-0.2, 0) is 14.3 Å². The van der Waals surface area contributed by atoms with E-state index in [-0.39, 0.29) is 18.5 Å². The van der Waals surface area contributed by atoms with E-state index in [2.05, 4.69) is 67.8 Å². The number of carbonyl (C=O) groups is 2. The summed E-state index contributed by atoms with van der Waals surface area (Å²) in [4.78, 5) is 24.6. The van der Waals surface area contributed by atoms with E-state index in [1.807, 2.05) is 6.08 Å². The average Bonchev–Trinajstić information content (AvgIpc) is 3.49. The molecule has 0 aromatic heterocycles. The summed E-state index contributed by atoms with van der Waals surface area (Å²) in [6.07, 6.45) is 96.1. The van der Waals surface area contributed by atoms with Gasteiger partial charge in [0.2, 0.25) is 5.91 Å². The number of nitrogens with one attached hydrogen (secondary N) is 1. The number of aliphatic hydroxyl groups excluding tert-OH is 2. The molecule has 0 saturated heterocycles. The van der Waals surface area contributed by atoms with E-state index in [9.17, 15) is 19.8 Å². The zero-order chi connectivity index (χ0) is 59.9. The number of hydrogen-bond acceptors (Lipinski definition) is 5. The number of amides is 1. The molecule has 0 spiro atoms. The van der Waals surface area contributed by atoms with E-state index in [0.29, 0.717) is 19.4 Å². The van der Waals surface area contributed by atoms with Gasteiger partial charge >= 0.3 is 5.97 Å². The molecular weight excluding hydrogens is 1020 g/mol. The Morgan fingerprint density at radius 3 is 0.940 bits per heavy atom. The van der Waals surface area contributed by atoms with Gasteiger partial charge in [-0.2, -0.15) is 0 Å². The van der Waals surface area contributed by atoms with Gasteiger partial charge < -0.3 is 20.3 Å². The normalized spacial score (nSPS) is 12.9. The van der Waals surface area contributed by atoms with Gasteiger partial charge in [-0.05, 0) is 96.3 Å². The molecule has 3 N–H and O–H groups in total. The Morgan fingerprint density at radius 1 is 0.337 bits per heavy atom. The first kappa shape index (κ1) is 80.6. The van der Waals surface area contributed by atoms with Crippen molar-refractivity contribution in [1.82, 2.24) is 5.32 Å². The second-order valence-electron chi connectivity index (χ2n) is 25.3. The molecule has 0 aliphatic carbocycles. The number of carbonyl (C=O) groups excluding carboxylic acids is 2. The van der Waals surface area contributed by atoms with Crippen LogP contribution in [0.1, 0.15) is 393 Å². The number of hydrogen-bond donors (Lipinski definition) is 3. The van der Waals surface area contributed by atoms with Crippen molar-refractivity contribution < 1.29 is 24.5 Å². The first-order valence-corrected chi connectivity index (χ1v) is 37.1. The molecule has 0 fully saturated rings. The zero-order valence-corrected chi connectivity index (χ0v) is 55.7. The number of allylic oxidation sites excluding steroid dienone is 9. The standard InChI is InChI=1S/C77H143NO5/c1-3-5-7-9-11-13-15-17-18-19-37-41-44-47-51-55-59-63-67-71-77(82)83-72-68-64-60-56-52-48-45-42-39-36-34-32-30-28-26-24-22-20-21-23-25-27-29-31-33-35-38-40-43-46-50-54-58-62-66-70-76(81)78-74(73-79)75(80)69-65-61-57-53-49-16-14-12-10-8-6-4-2/h11,13,17-18,22,24,28,30,65,69,74-75,79-80H,3-10,12,14-16,19-21,23,25-27,29,31-64,66-68,70-73H2,1-2H3,(H,78,81)/b13-11-,18-17-,24-22-,30-28-,69-65+. The highest BCUT2D eigenvalue weighted by atomic mass is 16.5. The number of ether oxygens (including phenoxy) is 1. The minimum atomic E-state index is -0.842. The van der Waals surface area contributed by atoms with Crippen LogP contribution in [0.3, 0.4) is 0 Å². The molecule has 0 aliphatic rings. The Kier molecular flexibility index (Phi) is 69.9. The Hall–Kier alpha value is -2.44. The van der Waals surface area contributed by atoms with Crippen LogP contribution in [0, 0.1) is 0 Å². The second-order valence-corrected chi connectivity index (χ2v) is 25.3. The summed E-state index contributed by atoms with van der Waals surface area (Å²) < 4.78 is 5.51. The van der Waals surface area contributed by atoms with Gasteiger partial charge in [0.15, 0.2) is 0 Å². The van der Waals surface area contributed by atoms with Crippen LogP contribution in [-0.4, -0.2) is 47.4 Å². The van der Waals surface area contributed by atoms with Gasteiger partial charge in [-0.15, -0.1) is 0 Å². The molecule has 0 heterocycles. The van der Waals surface area contributed by atoms with Crippen LogP contribution >= 0.6 is 0 Å². The first-order chi connectivity index (χ1) is 41.0. The molecule has 6 nitrogen and oxygen atoms in total.